The van der Waals surface area contributed by atoms with Crippen LogP contribution in [0.3, 0.4) is 0 Å². The van der Waals surface area contributed by atoms with Crippen molar-refractivity contribution in [1.82, 2.24) is 5.32 Å². The Bertz CT molecular complexity index is 556. The van der Waals surface area contributed by atoms with Crippen molar-refractivity contribution in [3.8, 4) is 0 Å². The Morgan fingerprint density at radius 3 is 2.26 bits per heavy atom. The molecule has 0 bridgehead atoms. The first-order valence-corrected chi connectivity index (χ1v) is 9.61. The third-order valence-electron chi connectivity index (χ3n) is 4.06. The minimum absolute atomic E-state index is 0.0132. The van der Waals surface area contributed by atoms with Gasteiger partial charge in [0.15, 0.2) is 0 Å². The van der Waals surface area contributed by atoms with Gasteiger partial charge < -0.3 is 5.32 Å². The summed E-state index contributed by atoms with van der Waals surface area (Å²) in [5.41, 5.74) is 2.61. The van der Waals surface area contributed by atoms with Crippen LogP contribution in [0, 0.1) is 0 Å². The molecule has 0 amide bonds. The molecule has 1 N–H and O–H groups in total. The van der Waals surface area contributed by atoms with Crippen LogP contribution in [0.25, 0.3) is 0 Å². The maximum Gasteiger partial charge on any atom is 0.0834 e. The number of rotatable bonds is 9. The molecule has 0 aliphatic heterocycles. The number of benzene rings is 2. The quantitative estimate of drug-likeness (QED) is 0.298. The van der Waals surface area contributed by atoms with E-state index in [0.717, 1.165) is 17.4 Å². The minimum Gasteiger partial charge on any atom is -0.301 e. The highest BCUT2D eigenvalue weighted by molar-refractivity contribution is 9.10. The molecule has 0 saturated carbocycles. The van der Waals surface area contributed by atoms with Crippen LogP contribution in [0.2, 0.25) is 0 Å². The molecule has 0 fully saturated rings. The van der Waals surface area contributed by atoms with E-state index >= 15 is 0 Å². The van der Waals surface area contributed by atoms with Crippen molar-refractivity contribution in [2.75, 3.05) is 6.54 Å². The second-order valence-electron chi connectivity index (χ2n) is 5.88. The van der Waals surface area contributed by atoms with Gasteiger partial charge >= 0.3 is 0 Å². The zero-order valence-electron chi connectivity index (χ0n) is 13.6. The van der Waals surface area contributed by atoms with E-state index in [4.69, 9.17) is 11.6 Å². The van der Waals surface area contributed by atoms with Gasteiger partial charge in [0, 0.05) is 10.4 Å². The topological polar surface area (TPSA) is 12.0 Å². The Labute approximate surface area is 153 Å². The average Bonchev–Trinajstić information content (AvgIpc) is 2.58. The van der Waals surface area contributed by atoms with Crippen molar-refractivity contribution in [2.24, 2.45) is 0 Å². The van der Waals surface area contributed by atoms with Crippen molar-refractivity contribution < 1.29 is 0 Å². The SMILES string of the molecule is CCCCCNC(Cl)CC(c1ccccc1)c1ccc(Br)cc1. The highest BCUT2D eigenvalue weighted by Gasteiger charge is 2.18. The predicted molar refractivity (Wildman–Crippen MR) is 104 cm³/mol. The van der Waals surface area contributed by atoms with Gasteiger partial charge in [-0.05, 0) is 42.6 Å². The molecule has 2 unspecified atom stereocenters. The maximum absolute atomic E-state index is 6.57. The standard InChI is InChI=1S/C20H25BrClN/c1-2-3-7-14-23-20(22)15-19(16-8-5-4-6-9-16)17-10-12-18(21)13-11-17/h4-6,8-13,19-20,23H,2-3,7,14-15H2,1H3. The molecule has 0 aromatic heterocycles. The van der Waals surface area contributed by atoms with Crippen LogP contribution in [-0.2, 0) is 0 Å². The summed E-state index contributed by atoms with van der Waals surface area (Å²) in [6.45, 7) is 3.21. The molecule has 2 atom stereocenters. The summed E-state index contributed by atoms with van der Waals surface area (Å²) in [6, 6.07) is 19.2. The molecule has 0 radical (unpaired) electrons. The van der Waals surface area contributed by atoms with E-state index in [2.05, 4.69) is 82.8 Å². The van der Waals surface area contributed by atoms with E-state index < -0.39 is 0 Å². The highest BCUT2D eigenvalue weighted by atomic mass is 79.9. The van der Waals surface area contributed by atoms with E-state index in [1.807, 2.05) is 0 Å². The fourth-order valence-corrected chi connectivity index (χ4v) is 3.32. The smallest absolute Gasteiger partial charge is 0.0834 e. The zero-order valence-corrected chi connectivity index (χ0v) is 16.0. The number of halogens is 2. The molecule has 23 heavy (non-hydrogen) atoms. The van der Waals surface area contributed by atoms with Crippen molar-refractivity contribution in [2.45, 2.75) is 44.0 Å². The van der Waals surface area contributed by atoms with Crippen LogP contribution < -0.4 is 5.32 Å². The van der Waals surface area contributed by atoms with Crippen LogP contribution in [0.1, 0.15) is 49.7 Å². The fourth-order valence-electron chi connectivity index (χ4n) is 2.77. The third kappa shape index (κ3) is 6.29. The first-order valence-electron chi connectivity index (χ1n) is 8.38. The van der Waals surface area contributed by atoms with Crippen LogP contribution in [-0.4, -0.2) is 12.0 Å². The van der Waals surface area contributed by atoms with E-state index in [-0.39, 0.29) is 5.50 Å². The molecule has 0 spiro atoms. The molecule has 1 nitrogen and oxygen atoms in total. The van der Waals surface area contributed by atoms with E-state index in [0.29, 0.717) is 5.92 Å². The molecule has 124 valence electrons. The van der Waals surface area contributed by atoms with Crippen LogP contribution in [0.4, 0.5) is 0 Å². The van der Waals surface area contributed by atoms with Gasteiger partial charge in [-0.3, -0.25) is 0 Å². The van der Waals surface area contributed by atoms with Crippen molar-refractivity contribution in [1.29, 1.82) is 0 Å². The van der Waals surface area contributed by atoms with Gasteiger partial charge in [0.2, 0.25) is 0 Å². The minimum atomic E-state index is -0.0132. The monoisotopic (exact) mass is 393 g/mol. The second-order valence-corrected chi connectivity index (χ2v) is 7.32. The van der Waals surface area contributed by atoms with E-state index in [9.17, 15) is 0 Å². The fraction of sp³-hybridized carbons (Fsp3) is 0.400. The van der Waals surface area contributed by atoms with Crippen molar-refractivity contribution in [3.63, 3.8) is 0 Å². The number of hydrogen-bond donors (Lipinski definition) is 1. The zero-order chi connectivity index (χ0) is 16.5. The van der Waals surface area contributed by atoms with E-state index in [1.54, 1.807) is 0 Å². The van der Waals surface area contributed by atoms with Gasteiger partial charge in [0.05, 0.1) is 5.50 Å². The second kappa shape index (κ2) is 10.1. The molecule has 2 rings (SSSR count). The first-order chi connectivity index (χ1) is 11.2. The molecule has 3 heteroatoms. The van der Waals surface area contributed by atoms with Crippen LogP contribution in [0.15, 0.2) is 59.1 Å². The normalized spacial score (nSPS) is 13.7. The molecule has 2 aromatic carbocycles. The lowest BCUT2D eigenvalue weighted by atomic mass is 9.88. The van der Waals surface area contributed by atoms with Gasteiger partial charge in [-0.25, -0.2) is 0 Å². The van der Waals surface area contributed by atoms with Gasteiger partial charge in [-0.2, -0.15) is 0 Å². The predicted octanol–water partition coefficient (Wildman–Crippen LogP) is 6.32. The van der Waals surface area contributed by atoms with Crippen LogP contribution >= 0.6 is 27.5 Å². The maximum atomic E-state index is 6.57. The Hall–Kier alpha value is -0.830. The molecule has 0 aliphatic carbocycles. The lowest BCUT2D eigenvalue weighted by Crippen LogP contribution is -2.27. The first kappa shape index (κ1) is 18.5. The van der Waals surface area contributed by atoms with Gasteiger partial charge in [0.1, 0.15) is 0 Å². The number of unbranched alkanes of at least 4 members (excludes halogenated alkanes) is 2. The number of nitrogens with one attached hydrogen (secondary N) is 1. The van der Waals surface area contributed by atoms with Gasteiger partial charge in [-0.15, -0.1) is 11.6 Å². The molecule has 0 saturated heterocycles. The number of alkyl halides is 1. The highest BCUT2D eigenvalue weighted by Crippen LogP contribution is 2.30. The number of hydrogen-bond acceptors (Lipinski definition) is 1. The van der Waals surface area contributed by atoms with Crippen molar-refractivity contribution in [3.05, 3.63) is 70.2 Å². The largest absolute Gasteiger partial charge is 0.301 e. The Kier molecular flexibility index (Phi) is 8.14. The summed E-state index contributed by atoms with van der Waals surface area (Å²) >= 11 is 10.1. The van der Waals surface area contributed by atoms with E-state index in [1.165, 1.54) is 30.4 Å². The Balaban J connectivity index is 2.06. The summed E-state index contributed by atoms with van der Waals surface area (Å²) in [4.78, 5) is 0. The Morgan fingerprint density at radius 1 is 0.957 bits per heavy atom. The molecular formula is C20H25BrClN. The molecular weight excluding hydrogens is 370 g/mol. The molecule has 2 aromatic rings. The van der Waals surface area contributed by atoms with Gasteiger partial charge in [0.25, 0.3) is 0 Å². The summed E-state index contributed by atoms with van der Waals surface area (Å²) in [6.07, 6.45) is 4.57. The lowest BCUT2D eigenvalue weighted by Gasteiger charge is -2.22. The summed E-state index contributed by atoms with van der Waals surface area (Å²) in [5.74, 6) is 0.311. The van der Waals surface area contributed by atoms with Crippen molar-refractivity contribution >= 4 is 27.5 Å². The summed E-state index contributed by atoms with van der Waals surface area (Å²) < 4.78 is 1.10. The lowest BCUT2D eigenvalue weighted by molar-refractivity contribution is 0.544. The molecule has 0 aliphatic rings. The summed E-state index contributed by atoms with van der Waals surface area (Å²) in [7, 11) is 0. The Morgan fingerprint density at radius 2 is 1.61 bits per heavy atom. The summed E-state index contributed by atoms with van der Waals surface area (Å²) in [5, 5.41) is 3.45. The third-order valence-corrected chi connectivity index (χ3v) is 4.92. The molecule has 0 heterocycles. The average molecular weight is 395 g/mol. The van der Waals surface area contributed by atoms with Gasteiger partial charge in [-0.1, -0.05) is 78.2 Å². The van der Waals surface area contributed by atoms with Crippen LogP contribution in [0.5, 0.6) is 0 Å².